The minimum absolute atomic E-state index is 0.185. The lowest BCUT2D eigenvalue weighted by Gasteiger charge is -2.24. The fraction of sp³-hybridized carbons (Fsp3) is 0.833. The van der Waals surface area contributed by atoms with Crippen LogP contribution in [-0.4, -0.2) is 16.9 Å². The Kier molecular flexibility index (Phi) is 6.37. The second-order valence-electron chi connectivity index (χ2n) is 4.68. The molecule has 0 aliphatic rings. The number of rotatable bonds is 5. The molecule has 1 N–H and O–H groups in total. The first-order valence-corrected chi connectivity index (χ1v) is 6.86. The van der Waals surface area contributed by atoms with Crippen molar-refractivity contribution in [2.45, 2.75) is 46.8 Å². The average molecular weight is 231 g/mol. The summed E-state index contributed by atoms with van der Waals surface area (Å²) >= 11 is -0.873. The summed E-state index contributed by atoms with van der Waals surface area (Å²) in [6.45, 7) is 12.5. The Morgan fingerprint density at radius 2 is 1.47 bits per heavy atom. The zero-order valence-corrected chi connectivity index (χ0v) is 11.9. The number of hydrogen-bond donors (Lipinski definition) is 1. The minimum Gasteiger partial charge on any atom is -0.611 e. The normalized spacial score (nSPS) is 15.9. The summed E-state index contributed by atoms with van der Waals surface area (Å²) in [6.07, 6.45) is 0. The Bertz CT molecular complexity index is 222. The molecule has 0 fully saturated rings. The van der Waals surface area contributed by atoms with E-state index in [1.54, 1.807) is 0 Å². The van der Waals surface area contributed by atoms with Gasteiger partial charge in [-0.05, 0) is 30.9 Å². The molecule has 0 bridgehead atoms. The highest BCUT2D eigenvalue weighted by Crippen LogP contribution is 2.27. The van der Waals surface area contributed by atoms with Gasteiger partial charge in [0.15, 0.2) is 4.91 Å². The van der Waals surface area contributed by atoms with Crippen molar-refractivity contribution in [1.82, 2.24) is 5.32 Å². The molecule has 0 aromatic carbocycles. The molecule has 0 saturated heterocycles. The molecule has 3 heteroatoms. The molecule has 0 rings (SSSR count). The summed E-state index contributed by atoms with van der Waals surface area (Å²) in [7, 11) is 1.91. The summed E-state index contributed by atoms with van der Waals surface area (Å²) in [5.41, 5.74) is 1.14. The number of hydrogen-bond acceptors (Lipinski definition) is 2. The molecule has 0 saturated carbocycles. The summed E-state index contributed by atoms with van der Waals surface area (Å²) < 4.78 is 12.2. The van der Waals surface area contributed by atoms with Crippen LogP contribution in [0.4, 0.5) is 0 Å². The van der Waals surface area contributed by atoms with Gasteiger partial charge in [-0.15, -0.1) is 0 Å². The molecular weight excluding hydrogens is 206 g/mol. The van der Waals surface area contributed by atoms with Crippen LogP contribution in [-0.2, 0) is 11.2 Å². The van der Waals surface area contributed by atoms with E-state index < -0.39 is 11.2 Å². The Balaban J connectivity index is 5.24. The molecule has 0 radical (unpaired) electrons. The van der Waals surface area contributed by atoms with Gasteiger partial charge in [-0.25, -0.2) is 0 Å². The Labute approximate surface area is 97.7 Å². The van der Waals surface area contributed by atoms with E-state index in [1.807, 2.05) is 20.9 Å². The van der Waals surface area contributed by atoms with Gasteiger partial charge in [0.1, 0.15) is 5.25 Å². The van der Waals surface area contributed by atoms with E-state index in [4.69, 9.17) is 0 Å². The van der Waals surface area contributed by atoms with Crippen molar-refractivity contribution in [3.63, 3.8) is 0 Å². The van der Waals surface area contributed by atoms with Crippen LogP contribution in [0.1, 0.15) is 41.5 Å². The summed E-state index contributed by atoms with van der Waals surface area (Å²) in [5, 5.41) is 3.39. The molecule has 90 valence electrons. The molecule has 1 unspecified atom stereocenters. The topological polar surface area (TPSA) is 35.1 Å². The lowest BCUT2D eigenvalue weighted by atomic mass is 10.1. The van der Waals surface area contributed by atoms with Gasteiger partial charge >= 0.3 is 0 Å². The third-order valence-corrected chi connectivity index (χ3v) is 4.26. The van der Waals surface area contributed by atoms with Gasteiger partial charge in [0.25, 0.3) is 0 Å². The van der Waals surface area contributed by atoms with Crippen molar-refractivity contribution < 1.29 is 4.55 Å². The summed E-state index contributed by atoms with van der Waals surface area (Å²) in [4.78, 5) is 1.07. The second-order valence-corrected chi connectivity index (χ2v) is 6.66. The van der Waals surface area contributed by atoms with Crippen molar-refractivity contribution in [3.8, 4) is 0 Å². The SMILES string of the molecule is CN/C(=C(\C(C)C)[S+]([O-])C(C)C)C(C)C. The third-order valence-electron chi connectivity index (χ3n) is 2.28. The van der Waals surface area contributed by atoms with Crippen LogP contribution < -0.4 is 5.32 Å². The lowest BCUT2D eigenvalue weighted by Crippen LogP contribution is -2.26. The van der Waals surface area contributed by atoms with Crippen LogP contribution in [0.5, 0.6) is 0 Å². The van der Waals surface area contributed by atoms with Crippen LogP contribution in [0, 0.1) is 11.8 Å². The molecule has 1 atom stereocenters. The van der Waals surface area contributed by atoms with Gasteiger partial charge in [-0.1, -0.05) is 27.7 Å². The van der Waals surface area contributed by atoms with Crippen molar-refractivity contribution >= 4 is 11.2 Å². The van der Waals surface area contributed by atoms with Crippen LogP contribution in [0.3, 0.4) is 0 Å². The second kappa shape index (κ2) is 6.44. The van der Waals surface area contributed by atoms with Crippen molar-refractivity contribution in [2.75, 3.05) is 7.05 Å². The molecular formula is C12H25NOS. The van der Waals surface area contributed by atoms with E-state index in [9.17, 15) is 4.55 Å². The summed E-state index contributed by atoms with van der Waals surface area (Å²) in [6, 6.07) is 0. The van der Waals surface area contributed by atoms with Crippen LogP contribution in [0.2, 0.25) is 0 Å². The van der Waals surface area contributed by atoms with Crippen molar-refractivity contribution in [3.05, 3.63) is 10.6 Å². The molecule has 15 heavy (non-hydrogen) atoms. The van der Waals surface area contributed by atoms with E-state index in [2.05, 4.69) is 33.0 Å². The average Bonchev–Trinajstić information content (AvgIpc) is 2.11. The van der Waals surface area contributed by atoms with Crippen molar-refractivity contribution in [1.29, 1.82) is 0 Å². The van der Waals surface area contributed by atoms with Gasteiger partial charge in [0.05, 0.1) is 5.70 Å². The molecule has 0 spiro atoms. The Morgan fingerprint density at radius 3 is 1.67 bits per heavy atom. The zero-order valence-electron chi connectivity index (χ0n) is 11.0. The third kappa shape index (κ3) is 4.07. The first-order chi connectivity index (χ1) is 6.82. The predicted octanol–water partition coefficient (Wildman–Crippen LogP) is 2.89. The first kappa shape index (κ1) is 14.8. The highest BCUT2D eigenvalue weighted by atomic mass is 32.2. The van der Waals surface area contributed by atoms with Crippen LogP contribution >= 0.6 is 0 Å². The van der Waals surface area contributed by atoms with Crippen LogP contribution in [0.25, 0.3) is 0 Å². The largest absolute Gasteiger partial charge is 0.611 e. The number of allylic oxidation sites excluding steroid dienone is 2. The molecule has 2 nitrogen and oxygen atoms in total. The van der Waals surface area contributed by atoms with E-state index >= 15 is 0 Å². The fourth-order valence-corrected chi connectivity index (χ4v) is 3.13. The monoisotopic (exact) mass is 231 g/mol. The van der Waals surface area contributed by atoms with Gasteiger partial charge < -0.3 is 9.87 Å². The van der Waals surface area contributed by atoms with Gasteiger partial charge in [-0.3, -0.25) is 0 Å². The Morgan fingerprint density at radius 1 is 1.00 bits per heavy atom. The smallest absolute Gasteiger partial charge is 0.151 e. The summed E-state index contributed by atoms with van der Waals surface area (Å²) in [5.74, 6) is 0.730. The molecule has 0 aromatic rings. The van der Waals surface area contributed by atoms with Gasteiger partial charge in [0, 0.05) is 13.0 Å². The zero-order chi connectivity index (χ0) is 12.2. The fourth-order valence-electron chi connectivity index (χ4n) is 1.60. The maximum Gasteiger partial charge on any atom is 0.151 e. The molecule has 0 heterocycles. The molecule has 0 amide bonds. The maximum atomic E-state index is 12.2. The van der Waals surface area contributed by atoms with Gasteiger partial charge in [0.2, 0.25) is 0 Å². The molecule has 0 aromatic heterocycles. The number of nitrogens with one attached hydrogen (secondary N) is 1. The van der Waals surface area contributed by atoms with E-state index in [-0.39, 0.29) is 5.25 Å². The molecule has 0 aliphatic carbocycles. The standard InChI is InChI=1S/C12H25NOS/c1-8(2)11(13-7)12(9(3)4)15(14)10(5)6/h8-10,13H,1-7H3/b12-11+. The highest BCUT2D eigenvalue weighted by molar-refractivity contribution is 7.95. The van der Waals surface area contributed by atoms with Gasteiger partial charge in [-0.2, -0.15) is 0 Å². The first-order valence-electron chi connectivity index (χ1n) is 5.65. The molecule has 0 aliphatic heterocycles. The van der Waals surface area contributed by atoms with E-state index in [1.165, 1.54) is 0 Å². The minimum atomic E-state index is -0.873. The highest BCUT2D eigenvalue weighted by Gasteiger charge is 2.26. The maximum absolute atomic E-state index is 12.2. The van der Waals surface area contributed by atoms with E-state index in [0.29, 0.717) is 11.8 Å². The van der Waals surface area contributed by atoms with Crippen molar-refractivity contribution in [2.24, 2.45) is 11.8 Å². The van der Waals surface area contributed by atoms with Crippen LogP contribution in [0.15, 0.2) is 10.6 Å². The Hall–Kier alpha value is -0.150. The van der Waals surface area contributed by atoms with E-state index in [0.717, 1.165) is 10.6 Å². The lowest BCUT2D eigenvalue weighted by molar-refractivity contribution is 0.577. The predicted molar refractivity (Wildman–Crippen MR) is 69.0 cm³/mol. The quantitative estimate of drug-likeness (QED) is 0.738.